The predicted molar refractivity (Wildman–Crippen MR) is 150 cm³/mol. The topological polar surface area (TPSA) is 159 Å². The average Bonchev–Trinajstić information content (AvgIpc) is 3.03. The molecule has 0 bridgehead atoms. The molecule has 302 valence electrons. The molecular formula is C24H43F15N2O6S2. The highest BCUT2D eigenvalue weighted by molar-refractivity contribution is 7.86. The Hall–Kier alpha value is -1.31. The van der Waals surface area contributed by atoms with Gasteiger partial charge in [-0.2, -0.15) is 16.8 Å². The third-order valence-electron chi connectivity index (χ3n) is 6.15. The molecule has 6 N–H and O–H groups in total. The molecule has 0 fully saturated rings. The summed E-state index contributed by atoms with van der Waals surface area (Å²) >= 11 is 0. The van der Waals surface area contributed by atoms with Gasteiger partial charge in [-0.25, -0.2) is 57.1 Å². The molecule has 11 atom stereocenters. The first kappa shape index (κ1) is 54.5. The molecule has 0 amide bonds. The number of alkyl halides is 13. The molecule has 25 heteroatoms. The molecule has 0 saturated carbocycles. The van der Waals surface area contributed by atoms with Crippen molar-refractivity contribution in [2.75, 3.05) is 6.54 Å². The normalized spacial score (nSPS) is 18.8. The van der Waals surface area contributed by atoms with Gasteiger partial charge in [-0.1, -0.05) is 68.6 Å². The zero-order chi connectivity index (χ0) is 38.4. The quantitative estimate of drug-likeness (QED) is 0.0407. The second-order valence-electron chi connectivity index (χ2n) is 10.1. The van der Waals surface area contributed by atoms with Gasteiger partial charge >= 0.3 is 20.6 Å². The minimum Gasteiger partial charge on any atom is -0.344 e. The van der Waals surface area contributed by atoms with Gasteiger partial charge in [0.15, 0.2) is 61.7 Å². The van der Waals surface area contributed by atoms with Gasteiger partial charge in [0, 0.05) is 0 Å². The van der Waals surface area contributed by atoms with Gasteiger partial charge in [0.1, 0.15) is 0 Å². The van der Waals surface area contributed by atoms with E-state index in [2.05, 4.69) is 6.92 Å². The molecule has 0 saturated heterocycles. The van der Waals surface area contributed by atoms with Crippen LogP contribution in [0.4, 0.5) is 65.5 Å². The first-order chi connectivity index (χ1) is 21.9. The second kappa shape index (κ2) is 28.3. The number of unbranched alkanes of at least 4 members (excludes halogenated alkanes) is 9. The van der Waals surface area contributed by atoms with Crippen molar-refractivity contribution >= 4 is 20.6 Å². The van der Waals surface area contributed by atoms with Crippen LogP contribution in [-0.2, 0) is 25.0 Å². The zero-order valence-corrected chi connectivity index (χ0v) is 27.6. The van der Waals surface area contributed by atoms with Crippen molar-refractivity contribution in [1.29, 1.82) is 0 Å². The Morgan fingerprint density at radius 3 is 1.00 bits per heavy atom. The Bertz CT molecular complexity index is 1000. The van der Waals surface area contributed by atoms with Crippen molar-refractivity contribution in [3.05, 3.63) is 0 Å². The van der Waals surface area contributed by atoms with E-state index in [1.165, 1.54) is 64.2 Å². The maximum absolute atomic E-state index is 13.4. The Morgan fingerprint density at radius 1 is 0.531 bits per heavy atom. The van der Waals surface area contributed by atoms with E-state index in [0.717, 1.165) is 6.54 Å². The van der Waals surface area contributed by atoms with Crippen LogP contribution in [0.1, 0.15) is 71.1 Å². The molecule has 11 unspecified atom stereocenters. The van der Waals surface area contributed by atoms with E-state index < -0.39 is 94.3 Å². The number of nitrogens with two attached hydrogens (primary N) is 1. The van der Waals surface area contributed by atoms with Crippen LogP contribution in [0.5, 0.6) is 0 Å². The fraction of sp³-hybridized carbons (Fsp3) is 1.00. The molecule has 8 nitrogen and oxygen atoms in total. The molecule has 0 aliphatic heterocycles. The molecule has 0 aromatic rings. The summed E-state index contributed by atoms with van der Waals surface area (Å²) in [5, 5.41) is 0. The lowest BCUT2D eigenvalue weighted by Gasteiger charge is -2.27. The minimum atomic E-state index is -5.98. The molecule has 0 heterocycles. The lowest BCUT2D eigenvalue weighted by molar-refractivity contribution is -0.0775. The van der Waals surface area contributed by atoms with Crippen LogP contribution in [0.3, 0.4) is 0 Å². The lowest BCUT2D eigenvalue weighted by Crippen LogP contribution is -2.50. The Kier molecular flexibility index (Phi) is 31.5. The predicted octanol–water partition coefficient (Wildman–Crippen LogP) is 7.95. The van der Waals surface area contributed by atoms with Gasteiger partial charge in [-0.3, -0.25) is 4.55 Å². The third kappa shape index (κ3) is 24.5. The minimum absolute atomic E-state index is 0. The second-order valence-corrected chi connectivity index (χ2v) is 12.5. The van der Waals surface area contributed by atoms with E-state index in [0.29, 0.717) is 0 Å². The summed E-state index contributed by atoms with van der Waals surface area (Å²) in [4.78, 5) is 0. The van der Waals surface area contributed by atoms with Crippen LogP contribution < -0.4 is 11.9 Å². The standard InChI is InChI=1S/C12H13F13O3S.C12H27N.F2O3S.H3N/c13-1(3(15)5(17)7(19)9(21)11(23)24)2(14)4(16)6(18)8(20)10(22)12(25)29(26,27)28;1-2-3-4-5-6-7-8-9-10-11-12-13;1-5-6(2,3)4;/h1-12H,(H,26,27,28);2-13H2,1H3;;1H3. The monoisotopic (exact) mass is 804 g/mol. The van der Waals surface area contributed by atoms with Crippen LogP contribution in [0.25, 0.3) is 0 Å². The SMILES string of the molecule is CCCCCCCCCCCCN.N.O=S(=O)(F)OF.O=S(=O)(O)C(F)C(F)C(F)C(F)C(F)C(F)C(F)C(F)C(F)C(F)C(F)C(F)F. The smallest absolute Gasteiger partial charge is 0.344 e. The fourth-order valence-corrected chi connectivity index (χ4v) is 3.96. The van der Waals surface area contributed by atoms with Gasteiger partial charge in [0.05, 0.1) is 0 Å². The van der Waals surface area contributed by atoms with Crippen LogP contribution >= 0.6 is 0 Å². The van der Waals surface area contributed by atoms with Gasteiger partial charge in [-0.05, 0) is 21.9 Å². The summed E-state index contributed by atoms with van der Waals surface area (Å²) in [5.41, 5.74) is 1.24. The number of halogens is 15. The van der Waals surface area contributed by atoms with E-state index >= 15 is 0 Å². The molecular weight excluding hydrogens is 761 g/mol. The van der Waals surface area contributed by atoms with E-state index in [1.807, 2.05) is 0 Å². The summed E-state index contributed by atoms with van der Waals surface area (Å²) in [7, 11) is -11.3. The Balaban J connectivity index is -0.000000416. The highest BCUT2D eigenvalue weighted by atomic mass is 32.3. The summed E-state index contributed by atoms with van der Waals surface area (Å²) in [6.07, 6.45) is -32.2. The summed E-state index contributed by atoms with van der Waals surface area (Å²) in [5.74, 6) is 0. The number of rotatable bonds is 23. The highest BCUT2D eigenvalue weighted by Gasteiger charge is 2.52. The van der Waals surface area contributed by atoms with Crippen LogP contribution in [-0.4, -0.2) is 102 Å². The van der Waals surface area contributed by atoms with Crippen molar-refractivity contribution in [3.63, 3.8) is 0 Å². The lowest BCUT2D eigenvalue weighted by atomic mass is 9.96. The van der Waals surface area contributed by atoms with Gasteiger partial charge in [0.25, 0.3) is 11.9 Å². The van der Waals surface area contributed by atoms with Crippen LogP contribution in [0, 0.1) is 0 Å². The Morgan fingerprint density at radius 2 is 0.776 bits per heavy atom. The summed E-state index contributed by atoms with van der Waals surface area (Å²) < 4.78 is 237. The van der Waals surface area contributed by atoms with Crippen molar-refractivity contribution in [2.24, 2.45) is 5.73 Å². The molecule has 0 aliphatic carbocycles. The van der Waals surface area contributed by atoms with Gasteiger partial charge < -0.3 is 11.9 Å². The van der Waals surface area contributed by atoms with E-state index in [4.69, 9.17) is 18.7 Å². The van der Waals surface area contributed by atoms with Crippen molar-refractivity contribution in [3.8, 4) is 0 Å². The number of hydrogen-bond donors (Lipinski definition) is 3. The first-order valence-electron chi connectivity index (χ1n) is 14.2. The van der Waals surface area contributed by atoms with Crippen LogP contribution in [0.2, 0.25) is 0 Å². The zero-order valence-electron chi connectivity index (χ0n) is 26.0. The van der Waals surface area contributed by atoms with Crippen molar-refractivity contribution in [2.45, 2.75) is 145 Å². The average molecular weight is 805 g/mol. The molecule has 0 aromatic carbocycles. The van der Waals surface area contributed by atoms with Crippen molar-refractivity contribution in [1.82, 2.24) is 6.15 Å². The van der Waals surface area contributed by atoms with E-state index in [9.17, 15) is 73.9 Å². The summed E-state index contributed by atoms with van der Waals surface area (Å²) in [6, 6.07) is 0. The first-order valence-corrected chi connectivity index (χ1v) is 17.0. The van der Waals surface area contributed by atoms with E-state index in [-0.39, 0.29) is 6.15 Å². The molecule has 49 heavy (non-hydrogen) atoms. The molecule has 0 aromatic heterocycles. The molecule has 0 radical (unpaired) electrons. The fourth-order valence-electron chi connectivity index (χ4n) is 3.48. The molecule has 0 rings (SSSR count). The van der Waals surface area contributed by atoms with Gasteiger partial charge in [-0.15, -0.1) is 0 Å². The maximum atomic E-state index is 13.4. The summed E-state index contributed by atoms with van der Waals surface area (Å²) in [6.45, 7) is 3.14. The van der Waals surface area contributed by atoms with Crippen LogP contribution in [0.15, 0.2) is 0 Å². The largest absolute Gasteiger partial charge is 0.468 e. The van der Waals surface area contributed by atoms with Crippen molar-refractivity contribution < 1.29 is 91.3 Å². The highest BCUT2D eigenvalue weighted by Crippen LogP contribution is 2.31. The Labute approximate surface area is 275 Å². The third-order valence-corrected chi connectivity index (χ3v) is 7.13. The van der Waals surface area contributed by atoms with E-state index in [1.54, 1.807) is 4.39 Å². The maximum Gasteiger partial charge on any atom is 0.468 e. The molecule has 0 aliphatic rings. The van der Waals surface area contributed by atoms with Gasteiger partial charge in [0.2, 0.25) is 0 Å². The molecule has 0 spiro atoms. The number of hydrogen-bond acceptors (Lipinski definition) is 7.